The molecule has 1 aliphatic heterocycles. The molecule has 0 aliphatic carbocycles. The highest BCUT2D eigenvalue weighted by atomic mass is 35.5. The molecule has 28 heavy (non-hydrogen) atoms. The van der Waals surface area contributed by atoms with E-state index < -0.39 is 0 Å². The summed E-state index contributed by atoms with van der Waals surface area (Å²) >= 11 is 6.16. The van der Waals surface area contributed by atoms with Crippen molar-refractivity contribution in [1.82, 2.24) is 10.2 Å². The number of rotatable bonds is 7. The molecule has 1 amide bonds. The largest absolute Gasteiger partial charge is 0.493 e. The van der Waals surface area contributed by atoms with Crippen molar-refractivity contribution >= 4 is 17.5 Å². The normalized spacial score (nSPS) is 15.2. The first kappa shape index (κ1) is 20.5. The number of methoxy groups -OCH3 is 2. The number of likely N-dealkylation sites (tertiary alicyclic amines) is 1. The number of hydrogen-bond donors (Lipinski definition) is 1. The summed E-state index contributed by atoms with van der Waals surface area (Å²) in [5.41, 5.74) is 2.04. The van der Waals surface area contributed by atoms with E-state index in [0.29, 0.717) is 11.6 Å². The van der Waals surface area contributed by atoms with Gasteiger partial charge in [0.25, 0.3) is 0 Å². The minimum atomic E-state index is 0.0472. The highest BCUT2D eigenvalue weighted by molar-refractivity contribution is 6.31. The zero-order valence-corrected chi connectivity index (χ0v) is 17.2. The number of para-hydroxylation sites is 1. The highest BCUT2D eigenvalue weighted by Crippen LogP contribution is 2.32. The second-order valence-electron chi connectivity index (χ2n) is 7.01. The van der Waals surface area contributed by atoms with E-state index in [9.17, 15) is 4.79 Å². The van der Waals surface area contributed by atoms with Crippen LogP contribution in [0.15, 0.2) is 42.5 Å². The van der Waals surface area contributed by atoms with Gasteiger partial charge in [0.15, 0.2) is 11.5 Å². The first-order valence-corrected chi connectivity index (χ1v) is 9.93. The molecule has 3 rings (SSSR count). The summed E-state index contributed by atoms with van der Waals surface area (Å²) in [6.45, 7) is 3.02. The summed E-state index contributed by atoms with van der Waals surface area (Å²) in [7, 11) is 3.31. The van der Waals surface area contributed by atoms with Gasteiger partial charge in [-0.3, -0.25) is 9.69 Å². The molecule has 1 aliphatic rings. The molecule has 150 valence electrons. The van der Waals surface area contributed by atoms with Crippen molar-refractivity contribution in [3.63, 3.8) is 0 Å². The molecule has 2 aromatic rings. The lowest BCUT2D eigenvalue weighted by molar-refractivity contribution is -0.126. The number of benzene rings is 2. The Labute approximate surface area is 171 Å². The zero-order chi connectivity index (χ0) is 19.9. The van der Waals surface area contributed by atoms with E-state index in [-0.39, 0.29) is 11.8 Å². The third kappa shape index (κ3) is 4.97. The number of amides is 1. The van der Waals surface area contributed by atoms with Gasteiger partial charge in [0, 0.05) is 29.6 Å². The highest BCUT2D eigenvalue weighted by Gasteiger charge is 2.25. The molecule has 2 aromatic carbocycles. The van der Waals surface area contributed by atoms with Crippen LogP contribution in [0.4, 0.5) is 0 Å². The van der Waals surface area contributed by atoms with E-state index in [1.165, 1.54) is 0 Å². The molecule has 0 atom stereocenters. The fourth-order valence-electron chi connectivity index (χ4n) is 3.64. The Kier molecular flexibility index (Phi) is 7.18. The maximum atomic E-state index is 12.5. The number of hydrogen-bond acceptors (Lipinski definition) is 4. The third-order valence-corrected chi connectivity index (χ3v) is 5.62. The molecule has 0 bridgehead atoms. The van der Waals surface area contributed by atoms with Crippen LogP contribution in [0.25, 0.3) is 0 Å². The monoisotopic (exact) mass is 402 g/mol. The zero-order valence-electron chi connectivity index (χ0n) is 16.4. The van der Waals surface area contributed by atoms with Crippen molar-refractivity contribution in [2.45, 2.75) is 25.9 Å². The van der Waals surface area contributed by atoms with E-state index in [4.69, 9.17) is 21.1 Å². The average molecular weight is 403 g/mol. The molecule has 1 fully saturated rings. The van der Waals surface area contributed by atoms with Crippen molar-refractivity contribution in [2.75, 3.05) is 27.3 Å². The lowest BCUT2D eigenvalue weighted by Crippen LogP contribution is -2.40. The molecule has 0 aromatic heterocycles. The number of halogens is 1. The van der Waals surface area contributed by atoms with Gasteiger partial charge in [0.05, 0.1) is 14.2 Å². The number of carbonyl (C=O) groups is 1. The van der Waals surface area contributed by atoms with Gasteiger partial charge in [-0.2, -0.15) is 0 Å². The molecule has 0 radical (unpaired) electrons. The number of ether oxygens (including phenoxy) is 2. The first-order valence-electron chi connectivity index (χ1n) is 9.55. The number of carbonyl (C=O) groups excluding carboxylic acids is 1. The van der Waals surface area contributed by atoms with E-state index >= 15 is 0 Å². The first-order chi connectivity index (χ1) is 13.6. The number of piperidine rings is 1. The molecule has 6 heteroatoms. The molecule has 5 nitrogen and oxygen atoms in total. The van der Waals surface area contributed by atoms with Gasteiger partial charge < -0.3 is 14.8 Å². The van der Waals surface area contributed by atoms with Gasteiger partial charge in [0.2, 0.25) is 5.91 Å². The van der Waals surface area contributed by atoms with E-state index in [1.54, 1.807) is 14.2 Å². The van der Waals surface area contributed by atoms with Crippen LogP contribution in [0.5, 0.6) is 11.5 Å². The van der Waals surface area contributed by atoms with Crippen LogP contribution >= 0.6 is 11.6 Å². The molecular weight excluding hydrogens is 376 g/mol. The van der Waals surface area contributed by atoms with E-state index in [0.717, 1.165) is 55.1 Å². The molecule has 1 heterocycles. The number of nitrogens with zero attached hydrogens (tertiary/aromatic N) is 1. The third-order valence-electron chi connectivity index (χ3n) is 5.25. The van der Waals surface area contributed by atoms with Crippen LogP contribution in [-0.2, 0) is 17.9 Å². The minimum Gasteiger partial charge on any atom is -0.493 e. The Morgan fingerprint density at radius 3 is 2.46 bits per heavy atom. The van der Waals surface area contributed by atoms with Crippen molar-refractivity contribution in [2.24, 2.45) is 5.92 Å². The summed E-state index contributed by atoms with van der Waals surface area (Å²) in [5, 5.41) is 3.71. The molecule has 0 saturated carbocycles. The van der Waals surface area contributed by atoms with E-state index in [2.05, 4.69) is 16.3 Å². The van der Waals surface area contributed by atoms with Gasteiger partial charge >= 0.3 is 0 Å². The van der Waals surface area contributed by atoms with Crippen molar-refractivity contribution in [3.8, 4) is 11.5 Å². The Morgan fingerprint density at radius 1 is 1.07 bits per heavy atom. The predicted octanol–water partition coefficient (Wildman–Crippen LogP) is 3.89. The molecule has 0 unspecified atom stereocenters. The van der Waals surface area contributed by atoms with Crippen LogP contribution < -0.4 is 14.8 Å². The lowest BCUT2D eigenvalue weighted by Gasteiger charge is -2.31. The van der Waals surface area contributed by atoms with Crippen LogP contribution in [0, 0.1) is 5.92 Å². The quantitative estimate of drug-likeness (QED) is 0.763. The van der Waals surface area contributed by atoms with Crippen LogP contribution in [0.2, 0.25) is 5.02 Å². The Balaban J connectivity index is 1.51. The summed E-state index contributed by atoms with van der Waals surface area (Å²) < 4.78 is 10.9. The lowest BCUT2D eigenvalue weighted by atomic mass is 9.95. The maximum absolute atomic E-state index is 12.5. The summed E-state index contributed by atoms with van der Waals surface area (Å²) in [6, 6.07) is 13.5. The second kappa shape index (κ2) is 9.80. The fourth-order valence-corrected chi connectivity index (χ4v) is 3.84. The summed E-state index contributed by atoms with van der Waals surface area (Å²) in [6.07, 6.45) is 1.70. The molecule has 0 spiro atoms. The van der Waals surface area contributed by atoms with Crippen molar-refractivity contribution < 1.29 is 14.3 Å². The Morgan fingerprint density at radius 2 is 1.79 bits per heavy atom. The van der Waals surface area contributed by atoms with Crippen molar-refractivity contribution in [1.29, 1.82) is 0 Å². The predicted molar refractivity (Wildman–Crippen MR) is 111 cm³/mol. The summed E-state index contributed by atoms with van der Waals surface area (Å²) in [4.78, 5) is 14.9. The summed E-state index contributed by atoms with van der Waals surface area (Å²) in [5.74, 6) is 1.68. The Hall–Kier alpha value is -2.24. The van der Waals surface area contributed by atoms with Gasteiger partial charge in [0.1, 0.15) is 0 Å². The van der Waals surface area contributed by atoms with Gasteiger partial charge in [-0.15, -0.1) is 0 Å². The smallest absolute Gasteiger partial charge is 0.223 e. The number of nitrogens with one attached hydrogen (secondary N) is 1. The Bertz CT molecular complexity index is 804. The standard InChI is InChI=1S/C22H27ClN2O3/c1-27-20-9-5-7-18(21(20)28-2)15-25-12-10-16(11-13-25)22(26)24-14-17-6-3-4-8-19(17)23/h3-9,16H,10-15H2,1-2H3,(H,24,26). The van der Waals surface area contributed by atoms with Crippen molar-refractivity contribution in [3.05, 3.63) is 58.6 Å². The van der Waals surface area contributed by atoms with Gasteiger partial charge in [-0.05, 0) is 43.6 Å². The van der Waals surface area contributed by atoms with Crippen LogP contribution in [0.1, 0.15) is 24.0 Å². The van der Waals surface area contributed by atoms with Crippen LogP contribution in [-0.4, -0.2) is 38.1 Å². The van der Waals surface area contributed by atoms with Crippen LogP contribution in [0.3, 0.4) is 0 Å². The maximum Gasteiger partial charge on any atom is 0.223 e. The minimum absolute atomic E-state index is 0.0472. The topological polar surface area (TPSA) is 50.8 Å². The molecular formula is C22H27ClN2O3. The second-order valence-corrected chi connectivity index (χ2v) is 7.42. The fraction of sp³-hybridized carbons (Fsp3) is 0.409. The average Bonchev–Trinajstić information content (AvgIpc) is 2.73. The van der Waals surface area contributed by atoms with Gasteiger partial charge in [-0.25, -0.2) is 0 Å². The van der Waals surface area contributed by atoms with E-state index in [1.807, 2.05) is 36.4 Å². The van der Waals surface area contributed by atoms with Gasteiger partial charge in [-0.1, -0.05) is 41.9 Å². The SMILES string of the molecule is COc1cccc(CN2CCC(C(=O)NCc3ccccc3Cl)CC2)c1OC. The molecule has 1 saturated heterocycles. The molecule has 1 N–H and O–H groups in total.